The number of aryl methyl sites for hydroxylation is 1. The third-order valence-corrected chi connectivity index (χ3v) is 7.98. The second-order valence-electron chi connectivity index (χ2n) is 9.53. The molecule has 6 heteroatoms. The van der Waals surface area contributed by atoms with Crippen molar-refractivity contribution in [2.24, 2.45) is 28.6 Å². The molecule has 6 nitrogen and oxygen atoms in total. The van der Waals surface area contributed by atoms with Gasteiger partial charge in [-0.15, -0.1) is 0 Å². The molecule has 2 aliphatic carbocycles. The standard InChI is InChI=1S/C24H34O6/c1-16(26)30-15-18-7-9-21-23(2,11-5-12-24(21,3)22(27)28-4)19(18)8-6-17-10-13-29-20(17)14-25/h10,13-14,18-19,21H,5-9,11-12,15H2,1-4H3/t18-,19-,21?,23+,24-/m0/s1. The molecule has 0 bridgehead atoms. The fraction of sp³-hybridized carbons (Fsp3) is 0.708. The number of carbonyl (C=O) groups excluding carboxylic acids is 3. The molecule has 2 fully saturated rings. The Morgan fingerprint density at radius 2 is 2.03 bits per heavy atom. The van der Waals surface area contributed by atoms with Gasteiger partial charge in [-0.3, -0.25) is 14.4 Å². The topological polar surface area (TPSA) is 82.8 Å². The van der Waals surface area contributed by atoms with Crippen molar-refractivity contribution < 1.29 is 28.3 Å². The van der Waals surface area contributed by atoms with Crippen LogP contribution in [0.3, 0.4) is 0 Å². The van der Waals surface area contributed by atoms with Crippen molar-refractivity contribution in [2.75, 3.05) is 13.7 Å². The van der Waals surface area contributed by atoms with Crippen molar-refractivity contribution in [3.05, 3.63) is 23.7 Å². The van der Waals surface area contributed by atoms with E-state index in [2.05, 4.69) is 13.8 Å². The van der Waals surface area contributed by atoms with Crippen LogP contribution in [-0.2, 0) is 25.5 Å². The van der Waals surface area contributed by atoms with E-state index in [0.717, 1.165) is 56.8 Å². The molecule has 166 valence electrons. The van der Waals surface area contributed by atoms with Gasteiger partial charge in [0.05, 0.1) is 25.4 Å². The fourth-order valence-electron chi connectivity index (χ4n) is 6.56. The highest BCUT2D eigenvalue weighted by molar-refractivity contribution is 5.77. The number of aldehydes is 1. The van der Waals surface area contributed by atoms with Crippen LogP contribution < -0.4 is 0 Å². The lowest BCUT2D eigenvalue weighted by atomic mass is 9.45. The zero-order chi connectivity index (χ0) is 21.9. The molecule has 5 atom stereocenters. The third kappa shape index (κ3) is 4.06. The first-order valence-corrected chi connectivity index (χ1v) is 11.0. The Morgan fingerprint density at radius 3 is 2.70 bits per heavy atom. The van der Waals surface area contributed by atoms with Gasteiger partial charge in [0.15, 0.2) is 12.0 Å². The minimum atomic E-state index is -0.490. The second kappa shape index (κ2) is 8.94. The highest BCUT2D eigenvalue weighted by atomic mass is 16.5. The summed E-state index contributed by atoms with van der Waals surface area (Å²) in [6.07, 6.45) is 8.59. The Bertz CT molecular complexity index is 782. The smallest absolute Gasteiger partial charge is 0.311 e. The number of hydrogen-bond acceptors (Lipinski definition) is 6. The van der Waals surface area contributed by atoms with Crippen molar-refractivity contribution in [3.63, 3.8) is 0 Å². The Balaban J connectivity index is 1.90. The van der Waals surface area contributed by atoms with Crippen LogP contribution in [0.5, 0.6) is 0 Å². The Morgan fingerprint density at radius 1 is 1.27 bits per heavy atom. The molecule has 3 rings (SSSR count). The minimum Gasteiger partial charge on any atom is -0.469 e. The SMILES string of the molecule is COC(=O)[C@@]1(C)CCC[C@@]2(C)C1CC[C@@H](COC(C)=O)[C@@H]2CCc1ccoc1C=O. The Hall–Kier alpha value is -2.11. The van der Waals surface area contributed by atoms with E-state index in [4.69, 9.17) is 13.9 Å². The van der Waals surface area contributed by atoms with E-state index in [-0.39, 0.29) is 35.1 Å². The molecular weight excluding hydrogens is 384 g/mol. The first-order valence-electron chi connectivity index (χ1n) is 11.0. The summed E-state index contributed by atoms with van der Waals surface area (Å²) in [5.74, 6) is 0.735. The number of ether oxygens (including phenoxy) is 2. The van der Waals surface area contributed by atoms with E-state index >= 15 is 0 Å². The predicted molar refractivity (Wildman–Crippen MR) is 111 cm³/mol. The summed E-state index contributed by atoms with van der Waals surface area (Å²) in [7, 11) is 1.48. The van der Waals surface area contributed by atoms with Gasteiger partial charge >= 0.3 is 11.9 Å². The molecule has 2 saturated carbocycles. The molecule has 0 saturated heterocycles. The van der Waals surface area contributed by atoms with Gasteiger partial charge in [-0.2, -0.15) is 0 Å². The summed E-state index contributed by atoms with van der Waals surface area (Å²) < 4.78 is 15.9. The van der Waals surface area contributed by atoms with Gasteiger partial charge in [0, 0.05) is 12.5 Å². The van der Waals surface area contributed by atoms with Crippen molar-refractivity contribution in [1.82, 2.24) is 0 Å². The molecule has 1 heterocycles. The molecule has 0 radical (unpaired) electrons. The number of fused-ring (bicyclic) bond motifs is 1. The fourth-order valence-corrected chi connectivity index (χ4v) is 6.56. The van der Waals surface area contributed by atoms with E-state index < -0.39 is 5.41 Å². The number of carbonyl (C=O) groups is 3. The average molecular weight is 419 g/mol. The predicted octanol–water partition coefficient (Wildman–Crippen LogP) is 4.60. The monoisotopic (exact) mass is 418 g/mol. The lowest BCUT2D eigenvalue weighted by Crippen LogP contribution is -2.55. The summed E-state index contributed by atoms with van der Waals surface area (Å²) in [5, 5.41) is 0. The number of esters is 2. The van der Waals surface area contributed by atoms with Crippen LogP contribution in [0.4, 0.5) is 0 Å². The lowest BCUT2D eigenvalue weighted by molar-refractivity contribution is -0.176. The summed E-state index contributed by atoms with van der Waals surface area (Å²) in [6, 6.07) is 1.85. The molecule has 2 aliphatic rings. The highest BCUT2D eigenvalue weighted by Crippen LogP contribution is 2.62. The molecule has 0 N–H and O–H groups in total. The second-order valence-corrected chi connectivity index (χ2v) is 9.53. The van der Waals surface area contributed by atoms with Gasteiger partial charge < -0.3 is 13.9 Å². The largest absolute Gasteiger partial charge is 0.469 e. The molecule has 0 amide bonds. The summed E-state index contributed by atoms with van der Waals surface area (Å²) in [4.78, 5) is 35.5. The number of methoxy groups -OCH3 is 1. The van der Waals surface area contributed by atoms with Crippen LogP contribution in [0.2, 0.25) is 0 Å². The van der Waals surface area contributed by atoms with Gasteiger partial charge in [-0.25, -0.2) is 0 Å². The van der Waals surface area contributed by atoms with E-state index in [1.807, 2.05) is 6.07 Å². The highest BCUT2D eigenvalue weighted by Gasteiger charge is 2.58. The maximum atomic E-state index is 12.8. The molecule has 30 heavy (non-hydrogen) atoms. The molecule has 0 aromatic carbocycles. The van der Waals surface area contributed by atoms with E-state index in [0.29, 0.717) is 12.4 Å². The third-order valence-electron chi connectivity index (χ3n) is 7.98. The van der Waals surface area contributed by atoms with Crippen LogP contribution in [0, 0.1) is 28.6 Å². The maximum absolute atomic E-state index is 12.8. The maximum Gasteiger partial charge on any atom is 0.311 e. The Labute approximate surface area is 178 Å². The van der Waals surface area contributed by atoms with Crippen LogP contribution in [0.1, 0.15) is 75.4 Å². The van der Waals surface area contributed by atoms with Crippen LogP contribution in [0.25, 0.3) is 0 Å². The summed E-state index contributed by atoms with van der Waals surface area (Å²) >= 11 is 0. The van der Waals surface area contributed by atoms with Crippen molar-refractivity contribution in [1.29, 1.82) is 0 Å². The molecule has 1 aromatic heterocycles. The number of hydrogen-bond donors (Lipinski definition) is 0. The molecule has 1 unspecified atom stereocenters. The molecule has 1 aromatic rings. The Kier molecular flexibility index (Phi) is 6.73. The average Bonchev–Trinajstić information content (AvgIpc) is 3.17. The zero-order valence-corrected chi connectivity index (χ0v) is 18.6. The van der Waals surface area contributed by atoms with Gasteiger partial charge in [-0.05, 0) is 74.7 Å². The van der Waals surface area contributed by atoms with Gasteiger partial charge in [0.2, 0.25) is 0 Å². The zero-order valence-electron chi connectivity index (χ0n) is 18.6. The molecule has 0 aliphatic heterocycles. The molecule has 0 spiro atoms. The van der Waals surface area contributed by atoms with E-state index in [1.54, 1.807) is 6.26 Å². The quantitative estimate of drug-likeness (QED) is 0.475. The van der Waals surface area contributed by atoms with Crippen molar-refractivity contribution >= 4 is 18.2 Å². The molecular formula is C24H34O6. The van der Waals surface area contributed by atoms with E-state index in [1.165, 1.54) is 14.0 Å². The number of furan rings is 1. The van der Waals surface area contributed by atoms with Gasteiger partial charge in [0.1, 0.15) is 0 Å². The van der Waals surface area contributed by atoms with Crippen molar-refractivity contribution in [2.45, 2.75) is 65.7 Å². The summed E-state index contributed by atoms with van der Waals surface area (Å²) in [5.41, 5.74) is 0.360. The van der Waals surface area contributed by atoms with E-state index in [9.17, 15) is 14.4 Å². The van der Waals surface area contributed by atoms with Crippen molar-refractivity contribution in [3.8, 4) is 0 Å². The van der Waals surface area contributed by atoms with Crippen LogP contribution in [-0.4, -0.2) is 31.9 Å². The van der Waals surface area contributed by atoms with Crippen LogP contribution in [0.15, 0.2) is 16.7 Å². The summed E-state index contributed by atoms with van der Waals surface area (Å²) in [6.45, 7) is 6.21. The first-order chi connectivity index (χ1) is 14.3. The van der Waals surface area contributed by atoms with Gasteiger partial charge in [0.25, 0.3) is 0 Å². The van der Waals surface area contributed by atoms with Crippen LogP contribution >= 0.6 is 0 Å². The first kappa shape index (κ1) is 22.6. The number of rotatable bonds is 7. The lowest BCUT2D eigenvalue weighted by Gasteiger charge is -2.59. The minimum absolute atomic E-state index is 0.0602. The normalized spacial score (nSPS) is 33.4. The van der Waals surface area contributed by atoms with Gasteiger partial charge in [-0.1, -0.05) is 13.3 Å².